The fraction of sp³-hybridized carbons (Fsp3) is 0.375. The summed E-state index contributed by atoms with van der Waals surface area (Å²) in [7, 11) is 2.11. The van der Waals surface area contributed by atoms with E-state index in [4.69, 9.17) is 6.42 Å². The standard InChI is InChI=1S/C16H19N/c1-4-6-13-7-8-14-9-10-16(15(14)12-13)17(3)11-5-2/h2,4,6-8,12,16H,9-11H2,1,3H3/b6-4+. The Bertz CT molecular complexity index is 465. The fourth-order valence-electron chi connectivity index (χ4n) is 2.61. The number of hydrogen-bond donors (Lipinski definition) is 0. The molecule has 1 heteroatoms. The molecule has 0 bridgehead atoms. The van der Waals surface area contributed by atoms with Crippen molar-refractivity contribution in [3.63, 3.8) is 0 Å². The van der Waals surface area contributed by atoms with E-state index in [1.165, 1.54) is 29.5 Å². The first kappa shape index (κ1) is 12.0. The molecule has 0 aliphatic heterocycles. The van der Waals surface area contributed by atoms with E-state index in [1.54, 1.807) is 0 Å². The summed E-state index contributed by atoms with van der Waals surface area (Å²) in [5.74, 6) is 2.73. The van der Waals surface area contributed by atoms with Gasteiger partial charge in [0.15, 0.2) is 0 Å². The zero-order valence-electron chi connectivity index (χ0n) is 10.6. The van der Waals surface area contributed by atoms with Gasteiger partial charge in [-0.15, -0.1) is 6.42 Å². The molecule has 0 amide bonds. The van der Waals surface area contributed by atoms with Gasteiger partial charge in [0.2, 0.25) is 0 Å². The summed E-state index contributed by atoms with van der Waals surface area (Å²) in [6.45, 7) is 2.77. The van der Waals surface area contributed by atoms with Gasteiger partial charge < -0.3 is 0 Å². The highest BCUT2D eigenvalue weighted by atomic mass is 15.1. The van der Waals surface area contributed by atoms with E-state index in [1.807, 2.05) is 0 Å². The molecule has 0 saturated carbocycles. The van der Waals surface area contributed by atoms with Crippen LogP contribution in [0.1, 0.15) is 36.1 Å². The van der Waals surface area contributed by atoms with Crippen molar-refractivity contribution in [3.8, 4) is 12.3 Å². The Balaban J connectivity index is 2.29. The maximum Gasteiger partial charge on any atom is 0.0601 e. The summed E-state index contributed by atoms with van der Waals surface area (Å²) in [6.07, 6.45) is 12.0. The first-order valence-electron chi connectivity index (χ1n) is 6.15. The second-order valence-electron chi connectivity index (χ2n) is 4.63. The van der Waals surface area contributed by atoms with Gasteiger partial charge in [-0.1, -0.05) is 30.2 Å². The van der Waals surface area contributed by atoms with Gasteiger partial charge in [0, 0.05) is 6.04 Å². The Morgan fingerprint density at radius 3 is 3.06 bits per heavy atom. The van der Waals surface area contributed by atoms with Gasteiger partial charge >= 0.3 is 0 Å². The van der Waals surface area contributed by atoms with E-state index >= 15 is 0 Å². The van der Waals surface area contributed by atoms with Crippen molar-refractivity contribution in [2.45, 2.75) is 25.8 Å². The van der Waals surface area contributed by atoms with Gasteiger partial charge in [0.25, 0.3) is 0 Å². The molecule has 1 nitrogen and oxygen atoms in total. The quantitative estimate of drug-likeness (QED) is 0.714. The van der Waals surface area contributed by atoms with Crippen LogP contribution < -0.4 is 0 Å². The first-order valence-corrected chi connectivity index (χ1v) is 6.15. The summed E-state index contributed by atoms with van der Waals surface area (Å²) in [6, 6.07) is 7.25. The molecule has 1 aliphatic carbocycles. The molecule has 1 atom stereocenters. The summed E-state index contributed by atoms with van der Waals surface area (Å²) >= 11 is 0. The van der Waals surface area contributed by atoms with Crippen molar-refractivity contribution >= 4 is 6.08 Å². The van der Waals surface area contributed by atoms with Crippen LogP contribution in [0.15, 0.2) is 24.3 Å². The third-order valence-corrected chi connectivity index (χ3v) is 3.45. The van der Waals surface area contributed by atoms with Gasteiger partial charge in [-0.2, -0.15) is 0 Å². The summed E-state index contributed by atoms with van der Waals surface area (Å²) < 4.78 is 0. The molecule has 0 aromatic heterocycles. The molecule has 0 heterocycles. The van der Waals surface area contributed by atoms with Crippen LogP contribution in [0.5, 0.6) is 0 Å². The normalized spacial score (nSPS) is 18.6. The van der Waals surface area contributed by atoms with Gasteiger partial charge in [-0.25, -0.2) is 0 Å². The Labute approximate surface area is 104 Å². The minimum absolute atomic E-state index is 0.492. The molecule has 0 N–H and O–H groups in total. The van der Waals surface area contributed by atoms with Crippen LogP contribution in [0.2, 0.25) is 0 Å². The van der Waals surface area contributed by atoms with Crippen molar-refractivity contribution in [2.75, 3.05) is 13.6 Å². The number of fused-ring (bicyclic) bond motifs is 1. The molecule has 1 aromatic rings. The van der Waals surface area contributed by atoms with Crippen LogP contribution >= 0.6 is 0 Å². The molecule has 88 valence electrons. The van der Waals surface area contributed by atoms with E-state index in [2.05, 4.69) is 55.1 Å². The molecule has 1 aliphatic rings. The SMILES string of the molecule is C#CCN(C)C1CCc2ccc(/C=C/C)cc21. The van der Waals surface area contributed by atoms with Crippen molar-refractivity contribution in [3.05, 3.63) is 41.0 Å². The van der Waals surface area contributed by atoms with Crippen molar-refractivity contribution in [1.29, 1.82) is 0 Å². The minimum Gasteiger partial charge on any atom is -0.288 e. The highest BCUT2D eigenvalue weighted by Crippen LogP contribution is 2.35. The molecule has 17 heavy (non-hydrogen) atoms. The number of nitrogens with zero attached hydrogens (tertiary/aromatic N) is 1. The summed E-state index contributed by atoms with van der Waals surface area (Å²) in [4.78, 5) is 2.27. The van der Waals surface area contributed by atoms with Crippen LogP contribution in [0.4, 0.5) is 0 Å². The Morgan fingerprint density at radius 2 is 2.35 bits per heavy atom. The topological polar surface area (TPSA) is 3.24 Å². The van der Waals surface area contributed by atoms with E-state index in [0.717, 1.165) is 6.54 Å². The zero-order valence-corrected chi connectivity index (χ0v) is 10.6. The number of aryl methyl sites for hydroxylation is 1. The average molecular weight is 225 g/mol. The second kappa shape index (κ2) is 5.21. The molecule has 0 saturated heterocycles. The van der Waals surface area contributed by atoms with Crippen molar-refractivity contribution < 1.29 is 0 Å². The fourth-order valence-corrected chi connectivity index (χ4v) is 2.61. The number of benzene rings is 1. The van der Waals surface area contributed by atoms with Crippen molar-refractivity contribution in [1.82, 2.24) is 4.90 Å². The minimum atomic E-state index is 0.492. The number of hydrogen-bond acceptors (Lipinski definition) is 1. The predicted octanol–water partition coefficient (Wildman–Crippen LogP) is 3.27. The van der Waals surface area contributed by atoms with Crippen LogP contribution in [0.25, 0.3) is 6.08 Å². The maximum absolute atomic E-state index is 5.39. The largest absolute Gasteiger partial charge is 0.288 e. The lowest BCUT2D eigenvalue weighted by Gasteiger charge is -2.23. The highest BCUT2D eigenvalue weighted by Gasteiger charge is 2.25. The number of allylic oxidation sites excluding steroid dienone is 1. The Morgan fingerprint density at radius 1 is 1.53 bits per heavy atom. The van der Waals surface area contributed by atoms with Crippen LogP contribution in [-0.4, -0.2) is 18.5 Å². The monoisotopic (exact) mass is 225 g/mol. The van der Waals surface area contributed by atoms with Gasteiger partial charge in [0.1, 0.15) is 0 Å². The van der Waals surface area contributed by atoms with Crippen LogP contribution in [-0.2, 0) is 6.42 Å². The van der Waals surface area contributed by atoms with E-state index < -0.39 is 0 Å². The molecule has 2 rings (SSSR count). The summed E-state index contributed by atoms with van der Waals surface area (Å²) in [5.41, 5.74) is 4.22. The summed E-state index contributed by atoms with van der Waals surface area (Å²) in [5, 5.41) is 0. The van der Waals surface area contributed by atoms with Crippen molar-refractivity contribution in [2.24, 2.45) is 0 Å². The third-order valence-electron chi connectivity index (χ3n) is 3.45. The van der Waals surface area contributed by atoms with Crippen LogP contribution in [0.3, 0.4) is 0 Å². The lowest BCUT2D eigenvalue weighted by Crippen LogP contribution is -2.23. The van der Waals surface area contributed by atoms with Crippen LogP contribution in [0, 0.1) is 12.3 Å². The lowest BCUT2D eigenvalue weighted by atomic mass is 10.0. The average Bonchev–Trinajstić information content (AvgIpc) is 2.73. The highest BCUT2D eigenvalue weighted by molar-refractivity contribution is 5.53. The Hall–Kier alpha value is -1.52. The molecule has 0 fully saturated rings. The van der Waals surface area contributed by atoms with Gasteiger partial charge in [-0.3, -0.25) is 4.90 Å². The first-order chi connectivity index (χ1) is 8.26. The molecular formula is C16H19N. The maximum atomic E-state index is 5.39. The van der Waals surface area contributed by atoms with E-state index in [-0.39, 0.29) is 0 Å². The number of rotatable bonds is 3. The Kier molecular flexibility index (Phi) is 3.66. The molecule has 0 spiro atoms. The zero-order chi connectivity index (χ0) is 12.3. The molecule has 0 radical (unpaired) electrons. The predicted molar refractivity (Wildman–Crippen MR) is 73.7 cm³/mol. The smallest absolute Gasteiger partial charge is 0.0601 e. The van der Waals surface area contributed by atoms with Gasteiger partial charge in [-0.05, 0) is 49.6 Å². The van der Waals surface area contributed by atoms with E-state index in [0.29, 0.717) is 6.04 Å². The molecule has 1 unspecified atom stereocenters. The molecule has 1 aromatic carbocycles. The van der Waals surface area contributed by atoms with Gasteiger partial charge in [0.05, 0.1) is 6.54 Å². The second-order valence-corrected chi connectivity index (χ2v) is 4.63. The third kappa shape index (κ3) is 2.43. The number of terminal acetylenes is 1. The van der Waals surface area contributed by atoms with E-state index in [9.17, 15) is 0 Å². The lowest BCUT2D eigenvalue weighted by molar-refractivity contribution is 0.274. The molecular weight excluding hydrogens is 206 g/mol.